The average molecular weight is 438 g/mol. The van der Waals surface area contributed by atoms with Crippen molar-refractivity contribution in [3.05, 3.63) is 33.8 Å². The third-order valence-electron chi connectivity index (χ3n) is 5.69. The Morgan fingerprint density at radius 2 is 2.12 bits per heavy atom. The Morgan fingerprint density at radius 1 is 1.38 bits per heavy atom. The number of carbonyl (C=O) groups is 2. The monoisotopic (exact) mass is 438 g/mol. The van der Waals surface area contributed by atoms with Crippen molar-refractivity contribution in [2.24, 2.45) is 11.8 Å². The zero-order chi connectivity index (χ0) is 23.0. The van der Waals surface area contributed by atoms with Crippen molar-refractivity contribution in [2.75, 3.05) is 13.1 Å². The molecular weight excluding hydrogens is 412 g/mol. The molecule has 2 N–H and O–H groups in total. The fourth-order valence-corrected chi connectivity index (χ4v) is 3.88. The number of aromatic hydroxyl groups is 1. The van der Waals surface area contributed by atoms with Crippen molar-refractivity contribution in [1.29, 1.82) is 5.26 Å². The van der Waals surface area contributed by atoms with Crippen molar-refractivity contribution >= 4 is 23.5 Å². The van der Waals surface area contributed by atoms with Gasteiger partial charge in [-0.05, 0) is 31.3 Å². The molecule has 4 rings (SSSR count). The molecule has 1 aliphatic heterocycles. The SMILES string of the molecule is CC(C)Cn1c(O)c(C(=O)NC2CC2)c(=O)n2ncc(/C=C/C(=O)N3CC[C@H](C#N)C3)c12. The van der Waals surface area contributed by atoms with Gasteiger partial charge in [0.1, 0.15) is 5.65 Å². The molecule has 0 unspecified atom stereocenters. The van der Waals surface area contributed by atoms with Crippen LogP contribution in [0.2, 0.25) is 0 Å². The summed E-state index contributed by atoms with van der Waals surface area (Å²) < 4.78 is 2.59. The van der Waals surface area contributed by atoms with Crippen molar-refractivity contribution in [3.63, 3.8) is 0 Å². The van der Waals surface area contributed by atoms with Gasteiger partial charge in [-0.3, -0.25) is 19.0 Å². The maximum atomic E-state index is 13.0. The highest BCUT2D eigenvalue weighted by Crippen LogP contribution is 2.25. The van der Waals surface area contributed by atoms with Crippen molar-refractivity contribution in [3.8, 4) is 11.9 Å². The van der Waals surface area contributed by atoms with Crippen molar-refractivity contribution in [1.82, 2.24) is 24.4 Å². The number of hydrogen-bond acceptors (Lipinski definition) is 6. The number of carbonyl (C=O) groups excluding carboxylic acids is 2. The van der Waals surface area contributed by atoms with Crippen LogP contribution in [0.25, 0.3) is 11.7 Å². The molecule has 2 fully saturated rings. The van der Waals surface area contributed by atoms with Crippen LogP contribution in [0.5, 0.6) is 5.88 Å². The fourth-order valence-electron chi connectivity index (χ4n) is 3.88. The predicted molar refractivity (Wildman–Crippen MR) is 116 cm³/mol. The van der Waals surface area contributed by atoms with Crippen LogP contribution >= 0.6 is 0 Å². The Hall–Kier alpha value is -3.61. The molecule has 1 saturated heterocycles. The second kappa shape index (κ2) is 8.49. The first-order chi connectivity index (χ1) is 15.3. The molecule has 2 amide bonds. The van der Waals surface area contributed by atoms with Crippen LogP contribution in [0, 0.1) is 23.2 Å². The first kappa shape index (κ1) is 21.6. The van der Waals surface area contributed by atoms with Crippen LogP contribution in [-0.2, 0) is 11.3 Å². The van der Waals surface area contributed by atoms with E-state index in [1.165, 1.54) is 16.8 Å². The molecule has 168 valence electrons. The second-order valence-corrected chi connectivity index (χ2v) is 8.82. The lowest BCUT2D eigenvalue weighted by molar-refractivity contribution is -0.125. The highest BCUT2D eigenvalue weighted by molar-refractivity contribution is 5.97. The minimum atomic E-state index is -0.710. The van der Waals surface area contributed by atoms with E-state index in [0.717, 1.165) is 17.4 Å². The number of amides is 2. The van der Waals surface area contributed by atoms with E-state index in [1.54, 1.807) is 11.0 Å². The van der Waals surface area contributed by atoms with Gasteiger partial charge in [-0.2, -0.15) is 14.9 Å². The lowest BCUT2D eigenvalue weighted by Crippen LogP contribution is -2.34. The first-order valence-electron chi connectivity index (χ1n) is 10.8. The number of fused-ring (bicyclic) bond motifs is 1. The Kier molecular flexibility index (Phi) is 5.74. The standard InChI is InChI=1S/C22H26N6O4/c1-13(2)11-27-20-15(3-6-17(29)26-8-7-14(9-23)12-26)10-24-28(20)22(32)18(21(27)31)19(30)25-16-4-5-16/h3,6,10,13-14,16,31H,4-5,7-8,11-12H2,1-2H3,(H,25,30)/b6-3+/t14-/m1/s1. The summed E-state index contributed by atoms with van der Waals surface area (Å²) in [6.07, 6.45) is 6.72. The Bertz CT molecular complexity index is 1200. The number of likely N-dealkylation sites (tertiary alicyclic amines) is 1. The number of hydrogen-bond donors (Lipinski definition) is 2. The maximum absolute atomic E-state index is 13.0. The summed E-state index contributed by atoms with van der Waals surface area (Å²) in [5.74, 6) is -1.31. The number of aromatic nitrogens is 3. The molecule has 0 aromatic carbocycles. The molecule has 2 aromatic rings. The third-order valence-corrected chi connectivity index (χ3v) is 5.69. The molecule has 0 spiro atoms. The Morgan fingerprint density at radius 3 is 2.75 bits per heavy atom. The van der Waals surface area contributed by atoms with Crippen molar-refractivity contribution < 1.29 is 14.7 Å². The van der Waals surface area contributed by atoms with Gasteiger partial charge in [-0.25, -0.2) is 0 Å². The van der Waals surface area contributed by atoms with Crippen LogP contribution in [0.15, 0.2) is 17.1 Å². The molecular formula is C22H26N6O4. The molecule has 1 aliphatic carbocycles. The quantitative estimate of drug-likeness (QED) is 0.650. The van der Waals surface area contributed by atoms with Crippen LogP contribution in [-0.4, -0.2) is 55.1 Å². The Labute approximate surface area is 184 Å². The fraction of sp³-hybridized carbons (Fsp3) is 0.500. The van der Waals surface area contributed by atoms with Crippen LogP contribution < -0.4 is 10.9 Å². The summed E-state index contributed by atoms with van der Waals surface area (Å²) in [4.78, 5) is 39.7. The third kappa shape index (κ3) is 4.10. The molecule has 1 saturated carbocycles. The number of rotatable bonds is 6. The van der Waals surface area contributed by atoms with Crippen LogP contribution in [0.1, 0.15) is 49.0 Å². The molecule has 0 bridgehead atoms. The molecule has 3 heterocycles. The van der Waals surface area contributed by atoms with Gasteiger partial charge in [0.25, 0.3) is 11.5 Å². The van der Waals surface area contributed by atoms with E-state index in [-0.39, 0.29) is 29.3 Å². The lowest BCUT2D eigenvalue weighted by Gasteiger charge is -2.17. The predicted octanol–water partition coefficient (Wildman–Crippen LogP) is 1.14. The summed E-state index contributed by atoms with van der Waals surface area (Å²) >= 11 is 0. The first-order valence-corrected chi connectivity index (χ1v) is 10.8. The van der Waals surface area contributed by atoms with Gasteiger partial charge in [0.2, 0.25) is 11.8 Å². The normalized spacial score (nSPS) is 18.6. The highest BCUT2D eigenvalue weighted by Gasteiger charge is 2.30. The summed E-state index contributed by atoms with van der Waals surface area (Å²) in [5.41, 5.74) is -0.265. The number of nitrogens with zero attached hydrogens (tertiary/aromatic N) is 5. The number of nitriles is 1. The van der Waals surface area contributed by atoms with E-state index >= 15 is 0 Å². The zero-order valence-corrected chi connectivity index (χ0v) is 18.1. The van der Waals surface area contributed by atoms with Crippen LogP contribution in [0.3, 0.4) is 0 Å². The number of nitrogens with one attached hydrogen (secondary N) is 1. The van der Waals surface area contributed by atoms with E-state index in [4.69, 9.17) is 5.26 Å². The minimum absolute atomic E-state index is 0.0314. The molecule has 2 aliphatic rings. The summed E-state index contributed by atoms with van der Waals surface area (Å²) in [7, 11) is 0. The van der Waals surface area contributed by atoms with Crippen LogP contribution in [0.4, 0.5) is 0 Å². The van der Waals surface area contributed by atoms with E-state index in [0.29, 0.717) is 37.3 Å². The maximum Gasteiger partial charge on any atom is 0.291 e. The topological polar surface area (TPSA) is 133 Å². The molecule has 32 heavy (non-hydrogen) atoms. The smallest absolute Gasteiger partial charge is 0.291 e. The van der Waals surface area contributed by atoms with E-state index < -0.39 is 17.3 Å². The van der Waals surface area contributed by atoms with Crippen molar-refractivity contribution in [2.45, 2.75) is 45.7 Å². The minimum Gasteiger partial charge on any atom is -0.494 e. The van der Waals surface area contributed by atoms with Gasteiger partial charge in [0.15, 0.2) is 5.56 Å². The summed E-state index contributed by atoms with van der Waals surface area (Å²) in [5, 5.41) is 26.8. The van der Waals surface area contributed by atoms with E-state index in [2.05, 4.69) is 16.5 Å². The summed E-state index contributed by atoms with van der Waals surface area (Å²) in [6.45, 7) is 5.16. The largest absolute Gasteiger partial charge is 0.494 e. The van der Waals surface area contributed by atoms with Gasteiger partial charge >= 0.3 is 0 Å². The molecule has 10 heteroatoms. The Balaban J connectivity index is 1.73. The summed E-state index contributed by atoms with van der Waals surface area (Å²) in [6, 6.07) is 2.21. The molecule has 1 atom stereocenters. The van der Waals surface area contributed by atoms with Gasteiger partial charge in [0.05, 0.1) is 18.2 Å². The zero-order valence-electron chi connectivity index (χ0n) is 18.1. The van der Waals surface area contributed by atoms with Gasteiger partial charge in [-0.15, -0.1) is 0 Å². The highest BCUT2D eigenvalue weighted by atomic mass is 16.3. The molecule has 0 radical (unpaired) electrons. The average Bonchev–Trinajstić information content (AvgIpc) is 3.26. The molecule has 2 aromatic heterocycles. The molecule has 10 nitrogen and oxygen atoms in total. The second-order valence-electron chi connectivity index (χ2n) is 8.82. The lowest BCUT2D eigenvalue weighted by atomic mass is 10.1. The van der Waals surface area contributed by atoms with E-state index in [9.17, 15) is 19.5 Å². The van der Waals surface area contributed by atoms with Gasteiger partial charge < -0.3 is 15.3 Å². The van der Waals surface area contributed by atoms with Gasteiger partial charge in [-0.1, -0.05) is 13.8 Å². The van der Waals surface area contributed by atoms with E-state index in [1.807, 2.05) is 13.8 Å². The van der Waals surface area contributed by atoms with Gasteiger partial charge in [0, 0.05) is 37.3 Å².